The number of carboxylic acids is 1. The van der Waals surface area contributed by atoms with Gasteiger partial charge in [0.15, 0.2) is 0 Å². The molecule has 0 aliphatic carbocycles. The van der Waals surface area contributed by atoms with Crippen molar-refractivity contribution in [1.82, 2.24) is 14.1 Å². The van der Waals surface area contributed by atoms with E-state index in [2.05, 4.69) is 11.7 Å². The van der Waals surface area contributed by atoms with Gasteiger partial charge in [-0.25, -0.2) is 13.2 Å². The van der Waals surface area contributed by atoms with Crippen LogP contribution in [0.1, 0.15) is 40.7 Å². The van der Waals surface area contributed by atoms with Crippen LogP contribution < -0.4 is 0 Å². The van der Waals surface area contributed by atoms with Gasteiger partial charge in [0.05, 0.1) is 6.54 Å². The van der Waals surface area contributed by atoms with E-state index in [-0.39, 0.29) is 17.1 Å². The number of sulfonamides is 1. The summed E-state index contributed by atoms with van der Waals surface area (Å²) in [4.78, 5) is 11.6. The van der Waals surface area contributed by atoms with Crippen molar-refractivity contribution in [2.75, 3.05) is 13.1 Å². The van der Waals surface area contributed by atoms with E-state index < -0.39 is 16.0 Å². The van der Waals surface area contributed by atoms with E-state index in [1.54, 1.807) is 6.08 Å². The van der Waals surface area contributed by atoms with Gasteiger partial charge in [0.1, 0.15) is 5.56 Å². The van der Waals surface area contributed by atoms with Gasteiger partial charge in [-0.3, -0.25) is 4.68 Å². The Kier molecular flexibility index (Phi) is 5.24. The molecule has 1 aromatic heterocycles. The Morgan fingerprint density at radius 2 is 1.85 bits per heavy atom. The lowest BCUT2D eigenvalue weighted by molar-refractivity contribution is 0.0692. The minimum atomic E-state index is -3.91. The number of hydrogen-bond donors (Lipinski definition) is 1. The predicted molar refractivity (Wildman–Crippen MR) is 97.4 cm³/mol. The van der Waals surface area contributed by atoms with E-state index in [4.69, 9.17) is 0 Å². The van der Waals surface area contributed by atoms with E-state index in [1.807, 2.05) is 24.3 Å². The van der Waals surface area contributed by atoms with Crippen LogP contribution in [0.25, 0.3) is 6.08 Å². The van der Waals surface area contributed by atoms with Gasteiger partial charge in [0, 0.05) is 19.3 Å². The largest absolute Gasteiger partial charge is 0.478 e. The molecule has 0 amide bonds. The second-order valence-electron chi connectivity index (χ2n) is 6.26. The normalized spacial score (nSPS) is 15.7. The third-order valence-electron chi connectivity index (χ3n) is 4.42. The lowest BCUT2D eigenvalue weighted by Crippen LogP contribution is -2.36. The lowest BCUT2D eigenvalue weighted by Gasteiger charge is -2.25. The van der Waals surface area contributed by atoms with Crippen LogP contribution >= 0.6 is 0 Å². The topological polar surface area (TPSA) is 92.5 Å². The van der Waals surface area contributed by atoms with Crippen molar-refractivity contribution < 1.29 is 18.3 Å². The number of aromatic nitrogens is 2. The summed E-state index contributed by atoms with van der Waals surface area (Å²) < 4.78 is 28.4. The van der Waals surface area contributed by atoms with Gasteiger partial charge in [-0.05, 0) is 24.0 Å². The molecule has 0 radical (unpaired) electrons. The summed E-state index contributed by atoms with van der Waals surface area (Å²) in [5.74, 6) is -1.30. The zero-order chi connectivity index (χ0) is 18.7. The molecule has 1 N–H and O–H groups in total. The third kappa shape index (κ3) is 3.71. The highest BCUT2D eigenvalue weighted by Gasteiger charge is 2.33. The van der Waals surface area contributed by atoms with Crippen LogP contribution in [0.2, 0.25) is 0 Å². The molecular weight excluding hydrogens is 354 g/mol. The number of carboxylic acid groups (broad SMARTS) is 1. The summed E-state index contributed by atoms with van der Waals surface area (Å²) in [5, 5.41) is 13.1. The molecule has 0 bridgehead atoms. The molecule has 0 saturated carbocycles. The first-order chi connectivity index (χ1) is 12.4. The van der Waals surface area contributed by atoms with Crippen LogP contribution in [-0.2, 0) is 16.6 Å². The monoisotopic (exact) mass is 375 g/mol. The Balaban J connectivity index is 1.92. The van der Waals surface area contributed by atoms with Gasteiger partial charge in [-0.1, -0.05) is 43.3 Å². The Morgan fingerprint density at radius 1 is 1.19 bits per heavy atom. The second-order valence-corrected chi connectivity index (χ2v) is 8.11. The zero-order valence-corrected chi connectivity index (χ0v) is 15.2. The molecule has 0 spiro atoms. The molecular formula is C18H21N3O4S. The van der Waals surface area contributed by atoms with Gasteiger partial charge >= 0.3 is 5.97 Å². The summed E-state index contributed by atoms with van der Waals surface area (Å²) in [6, 6.07) is 7.51. The Morgan fingerprint density at radius 3 is 2.42 bits per heavy atom. The summed E-state index contributed by atoms with van der Waals surface area (Å²) in [7, 11) is -3.91. The number of rotatable bonds is 6. The first kappa shape index (κ1) is 18.3. The SMILES string of the molecule is C=Cc1ccc(Cn2cc(C(=O)O)c(S(=O)(=O)N3CCCCC3)n2)cc1. The van der Waals surface area contributed by atoms with E-state index in [0.717, 1.165) is 30.4 Å². The summed E-state index contributed by atoms with van der Waals surface area (Å²) >= 11 is 0. The molecule has 0 unspecified atom stereocenters. The zero-order valence-electron chi connectivity index (χ0n) is 14.3. The summed E-state index contributed by atoms with van der Waals surface area (Å²) in [6.45, 7) is 4.78. The van der Waals surface area contributed by atoms with Gasteiger partial charge in [-0.2, -0.15) is 9.40 Å². The molecule has 2 aromatic rings. The van der Waals surface area contributed by atoms with Crippen LogP contribution in [0.5, 0.6) is 0 Å². The van der Waals surface area contributed by atoms with Crippen LogP contribution in [0.15, 0.2) is 42.1 Å². The maximum absolute atomic E-state index is 12.8. The first-order valence-electron chi connectivity index (χ1n) is 8.44. The van der Waals surface area contributed by atoms with Crippen molar-refractivity contribution >= 4 is 22.1 Å². The maximum atomic E-state index is 12.8. The Bertz CT molecular complexity index is 910. The quantitative estimate of drug-likeness (QED) is 0.837. The highest BCUT2D eigenvalue weighted by atomic mass is 32.2. The molecule has 3 rings (SSSR count). The van der Waals surface area contributed by atoms with Gasteiger partial charge in [0.25, 0.3) is 10.0 Å². The fourth-order valence-corrected chi connectivity index (χ4v) is 4.61. The molecule has 0 atom stereocenters. The van der Waals surface area contributed by atoms with E-state index in [1.165, 1.54) is 15.2 Å². The fourth-order valence-electron chi connectivity index (χ4n) is 3.00. The molecule has 1 saturated heterocycles. The molecule has 1 aliphatic heterocycles. The minimum Gasteiger partial charge on any atom is -0.478 e. The minimum absolute atomic E-state index is 0.285. The van der Waals surface area contributed by atoms with Crippen LogP contribution in [-0.4, -0.2) is 46.7 Å². The molecule has 7 nitrogen and oxygen atoms in total. The van der Waals surface area contributed by atoms with Gasteiger partial charge in [-0.15, -0.1) is 0 Å². The van der Waals surface area contributed by atoms with E-state index in [9.17, 15) is 18.3 Å². The number of hydrogen-bond acceptors (Lipinski definition) is 4. The standard InChI is InChI=1S/C18H21N3O4S/c1-2-14-6-8-15(9-7-14)12-20-13-16(18(22)23)17(19-20)26(24,25)21-10-4-3-5-11-21/h2,6-9,13H,1,3-5,10-12H2,(H,22,23). The highest BCUT2D eigenvalue weighted by molar-refractivity contribution is 7.89. The smallest absolute Gasteiger partial charge is 0.340 e. The van der Waals surface area contributed by atoms with Crippen molar-refractivity contribution in [3.63, 3.8) is 0 Å². The van der Waals surface area contributed by atoms with Crippen LogP contribution in [0.4, 0.5) is 0 Å². The van der Waals surface area contributed by atoms with E-state index in [0.29, 0.717) is 13.1 Å². The molecule has 1 aromatic carbocycles. The average Bonchev–Trinajstić information content (AvgIpc) is 3.08. The van der Waals surface area contributed by atoms with Crippen molar-refractivity contribution in [3.8, 4) is 0 Å². The fraction of sp³-hybridized carbons (Fsp3) is 0.333. The molecule has 26 heavy (non-hydrogen) atoms. The van der Waals surface area contributed by atoms with Crippen LogP contribution in [0, 0.1) is 0 Å². The maximum Gasteiger partial charge on any atom is 0.340 e. The van der Waals surface area contributed by atoms with Crippen molar-refractivity contribution in [2.45, 2.75) is 30.8 Å². The Labute approximate surface area is 152 Å². The molecule has 8 heteroatoms. The van der Waals surface area contributed by atoms with Crippen molar-refractivity contribution in [3.05, 3.63) is 53.7 Å². The number of piperidine rings is 1. The first-order valence-corrected chi connectivity index (χ1v) is 9.88. The summed E-state index contributed by atoms with van der Waals surface area (Å²) in [6.07, 6.45) is 5.53. The van der Waals surface area contributed by atoms with Crippen molar-refractivity contribution in [2.24, 2.45) is 0 Å². The number of nitrogens with zero attached hydrogens (tertiary/aromatic N) is 3. The second kappa shape index (κ2) is 7.43. The van der Waals surface area contributed by atoms with Gasteiger partial charge < -0.3 is 5.11 Å². The predicted octanol–water partition coefficient (Wildman–Crippen LogP) is 2.45. The number of aromatic carboxylic acids is 1. The van der Waals surface area contributed by atoms with Crippen LogP contribution in [0.3, 0.4) is 0 Å². The summed E-state index contributed by atoms with van der Waals surface area (Å²) in [5.41, 5.74) is 1.56. The third-order valence-corrected chi connectivity index (χ3v) is 6.25. The molecule has 138 valence electrons. The van der Waals surface area contributed by atoms with Crippen molar-refractivity contribution in [1.29, 1.82) is 0 Å². The molecule has 2 heterocycles. The van der Waals surface area contributed by atoms with Gasteiger partial charge in [0.2, 0.25) is 5.03 Å². The van der Waals surface area contributed by atoms with E-state index >= 15 is 0 Å². The Hall–Kier alpha value is -2.45. The average molecular weight is 375 g/mol. The number of benzene rings is 1. The molecule has 1 fully saturated rings. The highest BCUT2D eigenvalue weighted by Crippen LogP contribution is 2.23. The number of carbonyl (C=O) groups is 1. The lowest BCUT2D eigenvalue weighted by atomic mass is 10.1. The molecule has 1 aliphatic rings.